The average molecular weight is 346 g/mol. The maximum atomic E-state index is 12.1. The third kappa shape index (κ3) is 4.12. The Balaban J connectivity index is 2.95. The van der Waals surface area contributed by atoms with Gasteiger partial charge >= 0.3 is 5.97 Å². The number of benzene rings is 1. The number of aliphatic carboxylic acids is 1. The Morgan fingerprint density at radius 3 is 2.20 bits per heavy atom. The van der Waals surface area contributed by atoms with Crippen LogP contribution in [0.3, 0.4) is 0 Å². The number of carboxylic acid groups (broad SMARTS) is 1. The number of rotatable bonds is 6. The second-order valence-electron chi connectivity index (χ2n) is 4.17. The highest BCUT2D eigenvalue weighted by Gasteiger charge is 2.17. The first-order valence-electron chi connectivity index (χ1n) is 5.83. The lowest BCUT2D eigenvalue weighted by Gasteiger charge is -2.14. The summed E-state index contributed by atoms with van der Waals surface area (Å²) in [7, 11) is 2.96. The summed E-state index contributed by atoms with van der Waals surface area (Å²) < 4.78 is 10.9. The number of ether oxygens (including phenoxy) is 2. The van der Waals surface area contributed by atoms with E-state index in [1.165, 1.54) is 14.2 Å². The van der Waals surface area contributed by atoms with Crippen molar-refractivity contribution in [2.45, 2.75) is 19.4 Å². The van der Waals surface area contributed by atoms with Crippen LogP contribution in [0.25, 0.3) is 0 Å². The van der Waals surface area contributed by atoms with E-state index < -0.39 is 12.0 Å². The van der Waals surface area contributed by atoms with Crippen LogP contribution in [-0.2, 0) is 4.79 Å². The Hall–Kier alpha value is -1.76. The third-order valence-electron chi connectivity index (χ3n) is 2.57. The van der Waals surface area contributed by atoms with E-state index in [1.807, 2.05) is 0 Å². The number of carbonyl (C=O) groups excluding carboxylic acids is 1. The van der Waals surface area contributed by atoms with E-state index in [4.69, 9.17) is 14.6 Å². The van der Waals surface area contributed by atoms with Gasteiger partial charge in [-0.3, -0.25) is 9.59 Å². The van der Waals surface area contributed by atoms with Gasteiger partial charge in [0.1, 0.15) is 16.0 Å². The largest absolute Gasteiger partial charge is 0.495 e. The van der Waals surface area contributed by atoms with Crippen LogP contribution in [0.2, 0.25) is 0 Å². The zero-order valence-corrected chi connectivity index (χ0v) is 13.0. The lowest BCUT2D eigenvalue weighted by atomic mass is 10.1. The molecule has 0 aliphatic carbocycles. The molecule has 0 aliphatic rings. The quantitative estimate of drug-likeness (QED) is 0.824. The van der Waals surface area contributed by atoms with E-state index in [1.54, 1.807) is 19.1 Å². The van der Waals surface area contributed by atoms with Crippen molar-refractivity contribution in [1.29, 1.82) is 0 Å². The molecule has 1 unspecified atom stereocenters. The smallest absolute Gasteiger partial charge is 0.305 e. The molecule has 0 aliphatic heterocycles. The number of hydrogen-bond donors (Lipinski definition) is 2. The Morgan fingerprint density at radius 2 is 1.80 bits per heavy atom. The van der Waals surface area contributed by atoms with Gasteiger partial charge in [-0.1, -0.05) is 0 Å². The van der Waals surface area contributed by atoms with Crippen molar-refractivity contribution in [2.75, 3.05) is 14.2 Å². The lowest BCUT2D eigenvalue weighted by molar-refractivity contribution is -0.137. The summed E-state index contributed by atoms with van der Waals surface area (Å²) in [6.07, 6.45) is -0.142. The fraction of sp³-hybridized carbons (Fsp3) is 0.385. The van der Waals surface area contributed by atoms with Crippen molar-refractivity contribution in [1.82, 2.24) is 5.32 Å². The molecular weight excluding hydrogens is 330 g/mol. The fourth-order valence-corrected chi connectivity index (χ4v) is 2.17. The van der Waals surface area contributed by atoms with Crippen molar-refractivity contribution < 1.29 is 24.2 Å². The first kappa shape index (κ1) is 16.3. The molecule has 0 heterocycles. The second kappa shape index (κ2) is 7.14. The summed E-state index contributed by atoms with van der Waals surface area (Å²) in [5.41, 5.74) is 0.333. The molecule has 0 fully saturated rings. The summed E-state index contributed by atoms with van der Waals surface area (Å²) in [6, 6.07) is 2.63. The number of methoxy groups -OCH3 is 2. The normalized spacial score (nSPS) is 11.6. The molecule has 1 aromatic carbocycles. The summed E-state index contributed by atoms with van der Waals surface area (Å²) >= 11 is 3.31. The van der Waals surface area contributed by atoms with Crippen molar-refractivity contribution in [3.63, 3.8) is 0 Å². The molecule has 1 amide bonds. The fourth-order valence-electron chi connectivity index (χ4n) is 1.62. The minimum atomic E-state index is -0.969. The van der Waals surface area contributed by atoms with Gasteiger partial charge in [-0.15, -0.1) is 0 Å². The van der Waals surface area contributed by atoms with Crippen LogP contribution in [0, 0.1) is 0 Å². The van der Waals surface area contributed by atoms with Crippen LogP contribution in [0.15, 0.2) is 16.6 Å². The van der Waals surface area contributed by atoms with Crippen LogP contribution in [0.1, 0.15) is 23.7 Å². The number of hydrogen-bond acceptors (Lipinski definition) is 4. The molecule has 7 heteroatoms. The number of amides is 1. The highest BCUT2D eigenvalue weighted by Crippen LogP contribution is 2.35. The molecule has 0 aromatic heterocycles. The Kier molecular flexibility index (Phi) is 5.82. The molecule has 20 heavy (non-hydrogen) atoms. The summed E-state index contributed by atoms with van der Waals surface area (Å²) in [5, 5.41) is 11.3. The van der Waals surface area contributed by atoms with Gasteiger partial charge in [-0.2, -0.15) is 0 Å². The van der Waals surface area contributed by atoms with E-state index >= 15 is 0 Å². The monoisotopic (exact) mass is 345 g/mol. The van der Waals surface area contributed by atoms with Crippen LogP contribution < -0.4 is 14.8 Å². The first-order valence-corrected chi connectivity index (χ1v) is 6.62. The summed E-state index contributed by atoms with van der Waals surface area (Å²) in [6.45, 7) is 1.62. The van der Waals surface area contributed by atoms with E-state index in [0.717, 1.165) is 0 Å². The first-order chi connectivity index (χ1) is 9.38. The van der Waals surface area contributed by atoms with Crippen molar-refractivity contribution in [3.8, 4) is 11.5 Å². The van der Waals surface area contributed by atoms with Gasteiger partial charge in [0.2, 0.25) is 0 Å². The minimum Gasteiger partial charge on any atom is -0.495 e. The van der Waals surface area contributed by atoms with E-state index in [9.17, 15) is 9.59 Å². The molecule has 1 rings (SSSR count). The van der Waals surface area contributed by atoms with Crippen LogP contribution in [-0.4, -0.2) is 37.2 Å². The van der Waals surface area contributed by atoms with Gasteiger partial charge in [0.05, 0.1) is 20.6 Å². The van der Waals surface area contributed by atoms with Crippen LogP contribution in [0.4, 0.5) is 0 Å². The Bertz CT molecular complexity index is 492. The standard InChI is InChI=1S/C13H16BrNO5/c1-7(4-11(16)17)15-13(18)8-5-9(19-2)12(14)10(6-8)20-3/h5-7H,4H2,1-3H3,(H,15,18)(H,16,17). The highest BCUT2D eigenvalue weighted by atomic mass is 79.9. The summed E-state index contributed by atoms with van der Waals surface area (Å²) in [5.74, 6) is -0.438. The van der Waals surface area contributed by atoms with Gasteiger partial charge in [-0.25, -0.2) is 0 Å². The number of halogens is 1. The second-order valence-corrected chi connectivity index (χ2v) is 4.96. The highest BCUT2D eigenvalue weighted by molar-refractivity contribution is 9.10. The maximum Gasteiger partial charge on any atom is 0.305 e. The topological polar surface area (TPSA) is 84.9 Å². The third-order valence-corrected chi connectivity index (χ3v) is 3.35. The minimum absolute atomic E-state index is 0.142. The molecule has 0 bridgehead atoms. The molecule has 2 N–H and O–H groups in total. The SMILES string of the molecule is COc1cc(C(=O)NC(C)CC(=O)O)cc(OC)c1Br. The van der Waals surface area contributed by atoms with Crippen molar-refractivity contribution >= 4 is 27.8 Å². The van der Waals surface area contributed by atoms with Crippen molar-refractivity contribution in [2.24, 2.45) is 0 Å². The zero-order valence-electron chi connectivity index (χ0n) is 11.4. The van der Waals surface area contributed by atoms with Gasteiger partial charge in [-0.05, 0) is 35.0 Å². The van der Waals surface area contributed by atoms with Crippen molar-refractivity contribution in [3.05, 3.63) is 22.2 Å². The number of carboxylic acids is 1. The van der Waals surface area contributed by atoms with Gasteiger partial charge in [0, 0.05) is 11.6 Å². The molecule has 6 nitrogen and oxygen atoms in total. The Labute approximate surface area is 125 Å². The van der Waals surface area contributed by atoms with Gasteiger partial charge in [0.15, 0.2) is 0 Å². The van der Waals surface area contributed by atoms with Crippen LogP contribution in [0.5, 0.6) is 11.5 Å². The van der Waals surface area contributed by atoms with Gasteiger partial charge in [0.25, 0.3) is 5.91 Å². The molecule has 1 atom stereocenters. The Morgan fingerprint density at radius 1 is 1.30 bits per heavy atom. The van der Waals surface area contributed by atoms with E-state index in [-0.39, 0.29) is 12.3 Å². The molecule has 0 spiro atoms. The molecule has 1 aromatic rings. The predicted molar refractivity (Wildman–Crippen MR) is 76.4 cm³/mol. The average Bonchev–Trinajstić information content (AvgIpc) is 2.37. The molecule has 110 valence electrons. The predicted octanol–water partition coefficient (Wildman–Crippen LogP) is 2.06. The zero-order chi connectivity index (χ0) is 15.3. The number of nitrogens with one attached hydrogen (secondary N) is 1. The molecule has 0 saturated heterocycles. The summed E-state index contributed by atoms with van der Waals surface area (Å²) in [4.78, 5) is 22.6. The lowest BCUT2D eigenvalue weighted by Crippen LogP contribution is -2.34. The van der Waals surface area contributed by atoms with E-state index in [0.29, 0.717) is 21.5 Å². The number of carbonyl (C=O) groups is 2. The molecule has 0 saturated carbocycles. The maximum absolute atomic E-state index is 12.1. The van der Waals surface area contributed by atoms with E-state index in [2.05, 4.69) is 21.2 Å². The molecular formula is C13H16BrNO5. The molecule has 0 radical (unpaired) electrons. The van der Waals surface area contributed by atoms with Gasteiger partial charge < -0.3 is 19.9 Å². The van der Waals surface area contributed by atoms with Crippen LogP contribution >= 0.6 is 15.9 Å².